The van der Waals surface area contributed by atoms with E-state index in [1.807, 2.05) is 23.7 Å². The Morgan fingerprint density at radius 2 is 2.37 bits per heavy atom. The molecule has 0 saturated carbocycles. The van der Waals surface area contributed by atoms with E-state index in [-0.39, 0.29) is 5.97 Å². The van der Waals surface area contributed by atoms with Crippen molar-refractivity contribution in [1.29, 1.82) is 0 Å². The summed E-state index contributed by atoms with van der Waals surface area (Å²) in [7, 11) is 1.36. The molecule has 2 aromatic rings. The number of carbonyl (C=O) groups is 1. The summed E-state index contributed by atoms with van der Waals surface area (Å²) in [5.41, 5.74) is 0.664. The third kappa shape index (κ3) is 2.75. The summed E-state index contributed by atoms with van der Waals surface area (Å²) in [6, 6.07) is -0.491. The number of hydrogen-bond donors (Lipinski definition) is 2. The fraction of sp³-hybridized carbons (Fsp3) is 0.417. The Bertz CT molecular complexity index is 581. The molecule has 7 heteroatoms. The molecule has 0 saturated heterocycles. The van der Waals surface area contributed by atoms with Crippen LogP contribution in [-0.2, 0) is 9.53 Å². The average molecular weight is 263 g/mol. The van der Waals surface area contributed by atoms with Crippen LogP contribution in [0.1, 0.15) is 13.8 Å². The molecule has 7 nitrogen and oxygen atoms in total. The summed E-state index contributed by atoms with van der Waals surface area (Å²) in [6.07, 6.45) is 5.35. The Kier molecular flexibility index (Phi) is 3.84. The van der Waals surface area contributed by atoms with E-state index in [4.69, 9.17) is 0 Å². The number of aromatic nitrogens is 3. The molecule has 2 rings (SSSR count). The molecular weight excluding hydrogens is 246 g/mol. The third-order valence-corrected chi connectivity index (χ3v) is 2.64. The number of imidazole rings is 1. The number of nitrogens with one attached hydrogen (secondary N) is 2. The van der Waals surface area contributed by atoms with Crippen LogP contribution in [0.4, 0.5) is 11.6 Å². The molecule has 0 fully saturated rings. The Labute approximate surface area is 111 Å². The molecule has 102 valence electrons. The Hall–Kier alpha value is -2.31. The quantitative estimate of drug-likeness (QED) is 0.787. The molecule has 2 heterocycles. The van der Waals surface area contributed by atoms with Crippen LogP contribution in [0.5, 0.6) is 0 Å². The first-order chi connectivity index (χ1) is 9.15. The van der Waals surface area contributed by atoms with Crippen LogP contribution in [0.2, 0.25) is 0 Å². The Morgan fingerprint density at radius 3 is 3.05 bits per heavy atom. The zero-order valence-corrected chi connectivity index (χ0v) is 11.2. The van der Waals surface area contributed by atoms with Crippen molar-refractivity contribution < 1.29 is 9.53 Å². The van der Waals surface area contributed by atoms with Crippen LogP contribution >= 0.6 is 0 Å². The highest BCUT2D eigenvalue weighted by atomic mass is 16.5. The van der Waals surface area contributed by atoms with Gasteiger partial charge in [-0.1, -0.05) is 0 Å². The summed E-state index contributed by atoms with van der Waals surface area (Å²) >= 11 is 0. The second-order valence-corrected chi connectivity index (χ2v) is 4.05. The smallest absolute Gasteiger partial charge is 0.328 e. The number of methoxy groups -OCH3 is 1. The molecule has 2 N–H and O–H groups in total. The monoisotopic (exact) mass is 263 g/mol. The van der Waals surface area contributed by atoms with Gasteiger partial charge < -0.3 is 19.8 Å². The zero-order chi connectivity index (χ0) is 13.8. The lowest BCUT2D eigenvalue weighted by Crippen LogP contribution is -2.28. The fourth-order valence-electron chi connectivity index (χ4n) is 1.74. The highest BCUT2D eigenvalue weighted by molar-refractivity contribution is 5.80. The normalized spacial score (nSPS) is 12.2. The number of hydrogen-bond acceptors (Lipinski definition) is 6. The first-order valence-electron chi connectivity index (χ1n) is 6.07. The van der Waals surface area contributed by atoms with E-state index in [2.05, 4.69) is 25.3 Å². The zero-order valence-electron chi connectivity index (χ0n) is 11.2. The van der Waals surface area contributed by atoms with Gasteiger partial charge in [0.2, 0.25) is 0 Å². The van der Waals surface area contributed by atoms with Gasteiger partial charge in [0.15, 0.2) is 11.5 Å². The van der Waals surface area contributed by atoms with Crippen molar-refractivity contribution in [3.8, 4) is 0 Å². The van der Waals surface area contributed by atoms with E-state index in [0.717, 1.165) is 6.54 Å². The first kappa shape index (κ1) is 13.1. The van der Waals surface area contributed by atoms with Gasteiger partial charge in [-0.25, -0.2) is 14.8 Å². The van der Waals surface area contributed by atoms with Gasteiger partial charge in [-0.05, 0) is 13.8 Å². The van der Waals surface area contributed by atoms with Gasteiger partial charge >= 0.3 is 5.97 Å². The molecule has 0 spiro atoms. The van der Waals surface area contributed by atoms with Crippen LogP contribution in [0.25, 0.3) is 5.65 Å². The number of carbonyl (C=O) groups excluding carboxylic acids is 1. The molecule has 0 aliphatic rings. The molecule has 2 aromatic heterocycles. The predicted octanol–water partition coefficient (Wildman–Crippen LogP) is 1.13. The van der Waals surface area contributed by atoms with Crippen LogP contribution in [-0.4, -0.2) is 40.0 Å². The molecule has 1 unspecified atom stereocenters. The SMILES string of the molecule is CCNc1cn2ccnc2c(NC(C)C(=O)OC)n1. The molecular formula is C12H17N5O2. The van der Waals surface area contributed by atoms with E-state index in [1.165, 1.54) is 7.11 Å². The van der Waals surface area contributed by atoms with Crippen LogP contribution in [0.3, 0.4) is 0 Å². The maximum Gasteiger partial charge on any atom is 0.328 e. The molecule has 0 aromatic carbocycles. The van der Waals surface area contributed by atoms with Crippen molar-refractivity contribution in [2.45, 2.75) is 19.9 Å². The summed E-state index contributed by atoms with van der Waals surface area (Å²) in [6.45, 7) is 4.47. The number of rotatable bonds is 5. The molecule has 0 amide bonds. The maximum absolute atomic E-state index is 11.4. The van der Waals surface area contributed by atoms with E-state index >= 15 is 0 Å². The van der Waals surface area contributed by atoms with E-state index in [9.17, 15) is 4.79 Å². The van der Waals surface area contributed by atoms with Gasteiger partial charge in [-0.3, -0.25) is 0 Å². The minimum absolute atomic E-state index is 0.347. The maximum atomic E-state index is 11.4. The number of ether oxygens (including phenoxy) is 1. The van der Waals surface area contributed by atoms with Gasteiger partial charge in [0.25, 0.3) is 0 Å². The largest absolute Gasteiger partial charge is 0.467 e. The lowest BCUT2D eigenvalue weighted by atomic mass is 10.3. The van der Waals surface area contributed by atoms with E-state index in [0.29, 0.717) is 17.3 Å². The number of esters is 1. The third-order valence-electron chi connectivity index (χ3n) is 2.64. The summed E-state index contributed by atoms with van der Waals surface area (Å²) in [4.78, 5) is 20.1. The van der Waals surface area contributed by atoms with Crippen LogP contribution in [0, 0.1) is 0 Å². The summed E-state index contributed by atoms with van der Waals surface area (Å²) in [5.74, 6) is 0.911. The van der Waals surface area contributed by atoms with Crippen molar-refractivity contribution in [2.75, 3.05) is 24.3 Å². The lowest BCUT2D eigenvalue weighted by molar-refractivity contribution is -0.141. The number of fused-ring (bicyclic) bond motifs is 1. The predicted molar refractivity (Wildman–Crippen MR) is 72.3 cm³/mol. The topological polar surface area (TPSA) is 80.5 Å². The van der Waals surface area contributed by atoms with Crippen molar-refractivity contribution in [3.63, 3.8) is 0 Å². The standard InChI is InChI=1S/C12H17N5O2/c1-4-13-9-7-17-6-5-14-11(17)10(16-9)15-8(2)12(18)19-3/h5-8,13H,4H2,1-3H3,(H,15,16). The molecule has 1 atom stereocenters. The van der Waals surface area contributed by atoms with Crippen molar-refractivity contribution in [3.05, 3.63) is 18.6 Å². The molecule has 0 aliphatic heterocycles. The lowest BCUT2D eigenvalue weighted by Gasteiger charge is -2.14. The van der Waals surface area contributed by atoms with E-state index in [1.54, 1.807) is 13.1 Å². The molecule has 0 bridgehead atoms. The van der Waals surface area contributed by atoms with Gasteiger partial charge in [0, 0.05) is 18.9 Å². The van der Waals surface area contributed by atoms with Crippen molar-refractivity contribution in [2.24, 2.45) is 0 Å². The molecule has 19 heavy (non-hydrogen) atoms. The molecule has 0 radical (unpaired) electrons. The van der Waals surface area contributed by atoms with Crippen molar-refractivity contribution in [1.82, 2.24) is 14.4 Å². The van der Waals surface area contributed by atoms with Crippen molar-refractivity contribution >= 4 is 23.3 Å². The number of nitrogens with zero attached hydrogens (tertiary/aromatic N) is 3. The first-order valence-corrected chi connectivity index (χ1v) is 6.07. The van der Waals surface area contributed by atoms with Crippen LogP contribution in [0.15, 0.2) is 18.6 Å². The van der Waals surface area contributed by atoms with Gasteiger partial charge in [-0.2, -0.15) is 0 Å². The minimum atomic E-state index is -0.491. The second kappa shape index (κ2) is 5.55. The second-order valence-electron chi connectivity index (χ2n) is 4.05. The van der Waals surface area contributed by atoms with Gasteiger partial charge in [0.1, 0.15) is 11.9 Å². The average Bonchev–Trinajstić information content (AvgIpc) is 2.86. The van der Waals surface area contributed by atoms with E-state index < -0.39 is 6.04 Å². The van der Waals surface area contributed by atoms with Crippen LogP contribution < -0.4 is 10.6 Å². The highest BCUT2D eigenvalue weighted by Gasteiger charge is 2.16. The summed E-state index contributed by atoms with van der Waals surface area (Å²) in [5, 5.41) is 6.14. The Morgan fingerprint density at radius 1 is 1.58 bits per heavy atom. The summed E-state index contributed by atoms with van der Waals surface area (Å²) < 4.78 is 6.53. The highest BCUT2D eigenvalue weighted by Crippen LogP contribution is 2.17. The van der Waals surface area contributed by atoms with Gasteiger partial charge in [0.05, 0.1) is 13.3 Å². The number of anilines is 2. The Balaban J connectivity index is 2.34. The van der Waals surface area contributed by atoms with Gasteiger partial charge in [-0.15, -0.1) is 0 Å². The molecule has 0 aliphatic carbocycles. The minimum Gasteiger partial charge on any atom is -0.467 e. The fourth-order valence-corrected chi connectivity index (χ4v) is 1.74.